The van der Waals surface area contributed by atoms with E-state index < -0.39 is 5.91 Å². The van der Waals surface area contributed by atoms with E-state index >= 15 is 0 Å². The van der Waals surface area contributed by atoms with Gasteiger partial charge in [0.05, 0.1) is 11.4 Å². The summed E-state index contributed by atoms with van der Waals surface area (Å²) in [6.45, 7) is 0. The van der Waals surface area contributed by atoms with Gasteiger partial charge in [-0.1, -0.05) is 11.8 Å². The van der Waals surface area contributed by atoms with E-state index in [0.29, 0.717) is 10.8 Å². The number of hydrogen-bond acceptors (Lipinski definition) is 5. The normalized spacial score (nSPS) is 10.4. The van der Waals surface area contributed by atoms with Crippen molar-refractivity contribution in [3.63, 3.8) is 0 Å². The van der Waals surface area contributed by atoms with E-state index in [1.165, 1.54) is 16.8 Å². The monoisotopic (exact) mass is 253 g/mol. The third kappa shape index (κ3) is 2.78. The van der Waals surface area contributed by atoms with Crippen molar-refractivity contribution in [2.45, 2.75) is 5.16 Å². The van der Waals surface area contributed by atoms with Crippen molar-refractivity contribution in [1.29, 1.82) is 0 Å². The van der Waals surface area contributed by atoms with Gasteiger partial charge in [-0.2, -0.15) is 4.68 Å². The molecule has 8 heteroatoms. The molecule has 0 bridgehead atoms. The number of carbonyl (C=O) groups excluding carboxylic acids is 1. The van der Waals surface area contributed by atoms with Crippen LogP contribution in [0.25, 0.3) is 5.69 Å². The van der Waals surface area contributed by atoms with Crippen LogP contribution in [0.2, 0.25) is 0 Å². The van der Waals surface area contributed by atoms with Gasteiger partial charge in [-0.25, -0.2) is 4.39 Å². The molecule has 1 aromatic heterocycles. The van der Waals surface area contributed by atoms with E-state index in [2.05, 4.69) is 15.5 Å². The van der Waals surface area contributed by atoms with Crippen LogP contribution in [0, 0.1) is 5.82 Å². The Bertz CT molecular complexity index is 526. The fourth-order valence-corrected chi connectivity index (χ4v) is 1.78. The van der Waals surface area contributed by atoms with Gasteiger partial charge < -0.3 is 5.73 Å². The summed E-state index contributed by atoms with van der Waals surface area (Å²) < 4.78 is 14.2. The van der Waals surface area contributed by atoms with Gasteiger partial charge in [-0.05, 0) is 34.7 Å². The molecule has 0 fully saturated rings. The molecule has 2 aromatic rings. The Labute approximate surface area is 100.0 Å². The quantitative estimate of drug-likeness (QED) is 0.796. The fourth-order valence-electron chi connectivity index (χ4n) is 1.15. The topological polar surface area (TPSA) is 86.7 Å². The lowest BCUT2D eigenvalue weighted by Gasteiger charge is -2.02. The molecule has 88 valence electrons. The van der Waals surface area contributed by atoms with E-state index in [9.17, 15) is 9.18 Å². The summed E-state index contributed by atoms with van der Waals surface area (Å²) in [7, 11) is 0. The van der Waals surface area contributed by atoms with Crippen molar-refractivity contribution in [2.75, 3.05) is 5.75 Å². The Morgan fingerprint density at radius 3 is 2.76 bits per heavy atom. The van der Waals surface area contributed by atoms with Gasteiger partial charge >= 0.3 is 0 Å². The molecule has 0 aliphatic rings. The van der Waals surface area contributed by atoms with Crippen LogP contribution in [0.5, 0.6) is 0 Å². The average Bonchev–Trinajstić information content (AvgIpc) is 2.75. The number of thioether (sulfide) groups is 1. The molecular weight excluding hydrogens is 245 g/mol. The number of halogens is 1. The number of tetrazole rings is 1. The molecule has 0 aliphatic heterocycles. The van der Waals surface area contributed by atoms with E-state index in [1.54, 1.807) is 12.1 Å². The number of aromatic nitrogens is 4. The van der Waals surface area contributed by atoms with Gasteiger partial charge in [-0.15, -0.1) is 5.10 Å². The van der Waals surface area contributed by atoms with Crippen LogP contribution in [0.4, 0.5) is 4.39 Å². The molecule has 0 unspecified atom stereocenters. The summed E-state index contributed by atoms with van der Waals surface area (Å²) in [5, 5.41) is 11.4. The Morgan fingerprint density at radius 2 is 2.12 bits per heavy atom. The molecule has 1 heterocycles. The highest BCUT2D eigenvalue weighted by Gasteiger charge is 2.09. The molecule has 0 saturated carbocycles. The average molecular weight is 253 g/mol. The third-order valence-corrected chi connectivity index (χ3v) is 2.80. The lowest BCUT2D eigenvalue weighted by atomic mass is 10.3. The van der Waals surface area contributed by atoms with Crippen LogP contribution in [-0.2, 0) is 4.79 Å². The lowest BCUT2D eigenvalue weighted by molar-refractivity contribution is -0.115. The van der Waals surface area contributed by atoms with Crippen molar-refractivity contribution in [3.8, 4) is 5.69 Å². The van der Waals surface area contributed by atoms with Crippen LogP contribution in [0.1, 0.15) is 0 Å². The Kier molecular flexibility index (Phi) is 3.33. The highest BCUT2D eigenvalue weighted by molar-refractivity contribution is 7.99. The Balaban J connectivity index is 2.24. The zero-order valence-electron chi connectivity index (χ0n) is 8.58. The number of hydrogen-bond donors (Lipinski definition) is 1. The molecular formula is C9H8FN5OS. The van der Waals surface area contributed by atoms with Gasteiger partial charge in [0.15, 0.2) is 0 Å². The van der Waals surface area contributed by atoms with Gasteiger partial charge in [0.2, 0.25) is 11.1 Å². The van der Waals surface area contributed by atoms with E-state index in [0.717, 1.165) is 11.8 Å². The fraction of sp³-hybridized carbons (Fsp3) is 0.111. The largest absolute Gasteiger partial charge is 0.369 e. The molecule has 17 heavy (non-hydrogen) atoms. The summed E-state index contributed by atoms with van der Waals surface area (Å²) in [4.78, 5) is 10.7. The van der Waals surface area contributed by atoms with E-state index in [1.807, 2.05) is 0 Å². The first kappa shape index (κ1) is 11.5. The highest BCUT2D eigenvalue weighted by atomic mass is 32.2. The smallest absolute Gasteiger partial charge is 0.227 e. The van der Waals surface area contributed by atoms with Crippen LogP contribution < -0.4 is 5.73 Å². The molecule has 2 rings (SSSR count). The van der Waals surface area contributed by atoms with Gasteiger partial charge in [0, 0.05) is 0 Å². The molecule has 0 spiro atoms. The SMILES string of the molecule is NC(=O)CSc1nnnn1-c1ccc(F)cc1. The molecule has 0 saturated heterocycles. The predicted octanol–water partition coefficient (Wildman–Crippen LogP) is 0.379. The Hall–Kier alpha value is -1.96. The minimum Gasteiger partial charge on any atom is -0.369 e. The third-order valence-electron chi connectivity index (χ3n) is 1.86. The second-order valence-corrected chi connectivity index (χ2v) is 4.05. The molecule has 1 aromatic carbocycles. The molecule has 0 aliphatic carbocycles. The number of rotatable bonds is 4. The van der Waals surface area contributed by atoms with Crippen LogP contribution in [0.3, 0.4) is 0 Å². The van der Waals surface area contributed by atoms with Crippen LogP contribution >= 0.6 is 11.8 Å². The number of primary amides is 1. The van der Waals surface area contributed by atoms with E-state index in [-0.39, 0.29) is 11.6 Å². The second-order valence-electron chi connectivity index (χ2n) is 3.10. The first-order valence-electron chi connectivity index (χ1n) is 4.62. The van der Waals surface area contributed by atoms with Gasteiger partial charge in [0.25, 0.3) is 0 Å². The number of amides is 1. The summed E-state index contributed by atoms with van der Waals surface area (Å²) in [6.07, 6.45) is 0. The number of carbonyl (C=O) groups is 1. The lowest BCUT2D eigenvalue weighted by Crippen LogP contribution is -2.13. The molecule has 0 atom stereocenters. The minimum atomic E-state index is -0.455. The zero-order chi connectivity index (χ0) is 12.3. The van der Waals surface area contributed by atoms with Crippen molar-refractivity contribution < 1.29 is 9.18 Å². The summed E-state index contributed by atoms with van der Waals surface area (Å²) in [6, 6.07) is 5.69. The maximum absolute atomic E-state index is 12.8. The van der Waals surface area contributed by atoms with Gasteiger partial charge in [0.1, 0.15) is 5.82 Å². The standard InChI is InChI=1S/C9H8FN5OS/c10-6-1-3-7(4-2-6)15-9(12-13-14-15)17-5-8(11)16/h1-4H,5H2,(H2,11,16). The second kappa shape index (κ2) is 4.91. The number of benzene rings is 1. The van der Waals surface area contributed by atoms with Crippen LogP contribution in [0.15, 0.2) is 29.4 Å². The Morgan fingerprint density at radius 1 is 1.41 bits per heavy atom. The summed E-state index contributed by atoms with van der Waals surface area (Å²) in [5.74, 6) is -0.710. The summed E-state index contributed by atoms with van der Waals surface area (Å²) in [5.41, 5.74) is 5.64. The van der Waals surface area contributed by atoms with Crippen molar-refractivity contribution in [2.24, 2.45) is 5.73 Å². The van der Waals surface area contributed by atoms with Crippen molar-refractivity contribution in [1.82, 2.24) is 20.2 Å². The maximum atomic E-state index is 12.8. The summed E-state index contributed by atoms with van der Waals surface area (Å²) >= 11 is 1.12. The van der Waals surface area contributed by atoms with Crippen LogP contribution in [-0.4, -0.2) is 31.9 Å². The molecule has 1 amide bonds. The van der Waals surface area contributed by atoms with Gasteiger partial charge in [-0.3, -0.25) is 4.79 Å². The van der Waals surface area contributed by atoms with Crippen molar-refractivity contribution >= 4 is 17.7 Å². The highest BCUT2D eigenvalue weighted by Crippen LogP contribution is 2.17. The maximum Gasteiger partial charge on any atom is 0.227 e. The first-order chi connectivity index (χ1) is 8.16. The minimum absolute atomic E-state index is 0.0849. The number of nitrogens with zero attached hydrogens (tertiary/aromatic N) is 4. The number of nitrogens with two attached hydrogens (primary N) is 1. The van der Waals surface area contributed by atoms with Crippen molar-refractivity contribution in [3.05, 3.63) is 30.1 Å². The van der Waals surface area contributed by atoms with E-state index in [4.69, 9.17) is 5.73 Å². The first-order valence-corrected chi connectivity index (χ1v) is 5.61. The zero-order valence-corrected chi connectivity index (χ0v) is 9.39. The molecule has 6 nitrogen and oxygen atoms in total. The predicted molar refractivity (Wildman–Crippen MR) is 59.0 cm³/mol. The molecule has 2 N–H and O–H groups in total. The molecule has 0 radical (unpaired) electrons.